The van der Waals surface area contributed by atoms with Crippen LogP contribution >= 0.6 is 0 Å². The molecule has 2 saturated carbocycles. The summed E-state index contributed by atoms with van der Waals surface area (Å²) in [5, 5.41) is 3.42. The zero-order chi connectivity index (χ0) is 14.1. The number of nitrogens with one attached hydrogen (secondary N) is 1. The van der Waals surface area contributed by atoms with Gasteiger partial charge in [-0.1, -0.05) is 19.1 Å². The van der Waals surface area contributed by atoms with Crippen molar-refractivity contribution in [1.82, 2.24) is 5.32 Å². The van der Waals surface area contributed by atoms with Crippen LogP contribution in [0.3, 0.4) is 0 Å². The van der Waals surface area contributed by atoms with Crippen LogP contribution in [0.4, 0.5) is 10.1 Å². The van der Waals surface area contributed by atoms with Crippen LogP contribution in [-0.2, 0) is 0 Å². The maximum atomic E-state index is 14.5. The summed E-state index contributed by atoms with van der Waals surface area (Å²) in [6, 6.07) is 6.30. The molecule has 1 aromatic rings. The molecule has 1 unspecified atom stereocenters. The van der Waals surface area contributed by atoms with Gasteiger partial charge in [0.2, 0.25) is 0 Å². The molecule has 2 nitrogen and oxygen atoms in total. The number of hydrogen-bond acceptors (Lipinski definition) is 2. The Balaban J connectivity index is 1.91. The van der Waals surface area contributed by atoms with Crippen molar-refractivity contribution in [3.05, 3.63) is 29.6 Å². The standard InChI is InChI=1S/C17H25FN2/c1-3-19-12(2)15-5-4-6-16(18)17(15)20(14-9-10-14)11-13-7-8-13/h4-6,12-14,19H,3,7-11H2,1-2H3. The van der Waals surface area contributed by atoms with E-state index in [-0.39, 0.29) is 11.9 Å². The van der Waals surface area contributed by atoms with Crippen LogP contribution in [0.1, 0.15) is 51.1 Å². The third kappa shape index (κ3) is 2.98. The van der Waals surface area contributed by atoms with Crippen LogP contribution in [-0.4, -0.2) is 19.1 Å². The first-order chi connectivity index (χ1) is 9.70. The summed E-state index contributed by atoms with van der Waals surface area (Å²) in [5.74, 6) is 0.734. The third-order valence-corrected chi connectivity index (χ3v) is 4.42. The van der Waals surface area contributed by atoms with Gasteiger partial charge in [0.05, 0.1) is 5.69 Å². The predicted molar refractivity (Wildman–Crippen MR) is 81.6 cm³/mol. The van der Waals surface area contributed by atoms with E-state index in [9.17, 15) is 4.39 Å². The molecular formula is C17H25FN2. The van der Waals surface area contributed by atoms with Crippen molar-refractivity contribution in [1.29, 1.82) is 0 Å². The van der Waals surface area contributed by atoms with Gasteiger partial charge in [-0.2, -0.15) is 0 Å². The van der Waals surface area contributed by atoms with Crippen molar-refractivity contribution >= 4 is 5.69 Å². The molecule has 1 atom stereocenters. The Bertz CT molecular complexity index is 466. The first kappa shape index (κ1) is 13.9. The molecule has 0 spiro atoms. The van der Waals surface area contributed by atoms with Crippen LogP contribution in [0, 0.1) is 11.7 Å². The zero-order valence-electron chi connectivity index (χ0n) is 12.5. The normalized spacial score (nSPS) is 19.9. The molecule has 3 heteroatoms. The number of hydrogen-bond donors (Lipinski definition) is 1. The second kappa shape index (κ2) is 5.72. The summed E-state index contributed by atoms with van der Waals surface area (Å²) in [5.41, 5.74) is 1.97. The van der Waals surface area contributed by atoms with E-state index in [1.165, 1.54) is 25.7 Å². The summed E-state index contributed by atoms with van der Waals surface area (Å²) in [4.78, 5) is 2.36. The molecule has 0 aromatic heterocycles. The highest BCUT2D eigenvalue weighted by Gasteiger charge is 2.36. The van der Waals surface area contributed by atoms with Crippen LogP contribution in [0.25, 0.3) is 0 Å². The Hall–Kier alpha value is -1.09. The van der Waals surface area contributed by atoms with E-state index in [1.54, 1.807) is 6.07 Å². The molecule has 1 aromatic carbocycles. The number of anilines is 1. The van der Waals surface area contributed by atoms with Crippen LogP contribution in [0.15, 0.2) is 18.2 Å². The number of rotatable bonds is 7. The molecule has 1 N–H and O–H groups in total. The topological polar surface area (TPSA) is 15.3 Å². The van der Waals surface area contributed by atoms with Gasteiger partial charge in [0, 0.05) is 18.6 Å². The number of halogens is 1. The molecule has 0 heterocycles. The SMILES string of the molecule is CCNC(C)c1cccc(F)c1N(CC1CC1)C1CC1. The van der Waals surface area contributed by atoms with E-state index < -0.39 is 0 Å². The largest absolute Gasteiger partial charge is 0.366 e. The van der Waals surface area contributed by atoms with Crippen molar-refractivity contribution in [2.75, 3.05) is 18.0 Å². The Morgan fingerprint density at radius 1 is 1.30 bits per heavy atom. The minimum atomic E-state index is -0.0557. The number of para-hydroxylation sites is 1. The first-order valence-electron chi connectivity index (χ1n) is 7.99. The van der Waals surface area contributed by atoms with Crippen LogP contribution < -0.4 is 10.2 Å². The highest BCUT2D eigenvalue weighted by molar-refractivity contribution is 5.58. The fraction of sp³-hybridized carbons (Fsp3) is 0.647. The van der Waals surface area contributed by atoms with Gasteiger partial charge in [-0.05, 0) is 56.7 Å². The van der Waals surface area contributed by atoms with Gasteiger partial charge in [0.15, 0.2) is 0 Å². The molecule has 0 aliphatic heterocycles. The second-order valence-electron chi connectivity index (χ2n) is 6.28. The van der Waals surface area contributed by atoms with Gasteiger partial charge in [-0.3, -0.25) is 0 Å². The van der Waals surface area contributed by atoms with Gasteiger partial charge in [-0.15, -0.1) is 0 Å². The highest BCUT2D eigenvalue weighted by atomic mass is 19.1. The summed E-state index contributed by atoms with van der Waals surface area (Å²) < 4.78 is 14.5. The van der Waals surface area contributed by atoms with E-state index in [1.807, 2.05) is 6.07 Å². The first-order valence-corrected chi connectivity index (χ1v) is 7.99. The zero-order valence-corrected chi connectivity index (χ0v) is 12.5. The van der Waals surface area contributed by atoms with E-state index in [4.69, 9.17) is 0 Å². The van der Waals surface area contributed by atoms with Gasteiger partial charge < -0.3 is 10.2 Å². The predicted octanol–water partition coefficient (Wildman–Crippen LogP) is 3.88. The molecule has 2 fully saturated rings. The summed E-state index contributed by atoms with van der Waals surface area (Å²) >= 11 is 0. The lowest BCUT2D eigenvalue weighted by Gasteiger charge is -2.29. The maximum absolute atomic E-state index is 14.5. The average molecular weight is 276 g/mol. The van der Waals surface area contributed by atoms with Crippen LogP contribution in [0.5, 0.6) is 0 Å². The second-order valence-corrected chi connectivity index (χ2v) is 6.28. The Morgan fingerprint density at radius 2 is 2.05 bits per heavy atom. The molecule has 0 bridgehead atoms. The van der Waals surface area contributed by atoms with E-state index in [0.29, 0.717) is 6.04 Å². The lowest BCUT2D eigenvalue weighted by molar-refractivity contribution is 0.571. The fourth-order valence-electron chi connectivity index (χ4n) is 2.99. The maximum Gasteiger partial charge on any atom is 0.146 e. The Morgan fingerprint density at radius 3 is 2.65 bits per heavy atom. The van der Waals surface area contributed by atoms with Gasteiger partial charge in [0.25, 0.3) is 0 Å². The van der Waals surface area contributed by atoms with Gasteiger partial charge >= 0.3 is 0 Å². The molecule has 0 saturated heterocycles. The van der Waals surface area contributed by atoms with E-state index >= 15 is 0 Å². The van der Waals surface area contributed by atoms with Crippen molar-refractivity contribution in [3.8, 4) is 0 Å². The van der Waals surface area contributed by atoms with Crippen molar-refractivity contribution in [2.24, 2.45) is 5.92 Å². The lowest BCUT2D eigenvalue weighted by Crippen LogP contribution is -2.31. The molecule has 2 aliphatic carbocycles. The molecule has 0 amide bonds. The third-order valence-electron chi connectivity index (χ3n) is 4.42. The summed E-state index contributed by atoms with van der Waals surface area (Å²) in [6.45, 7) is 6.17. The molecular weight excluding hydrogens is 251 g/mol. The molecule has 20 heavy (non-hydrogen) atoms. The van der Waals surface area contributed by atoms with E-state index in [2.05, 4.69) is 30.1 Å². The quantitative estimate of drug-likeness (QED) is 0.813. The average Bonchev–Trinajstić information content (AvgIpc) is 3.29. The molecule has 3 rings (SSSR count). The smallest absolute Gasteiger partial charge is 0.146 e. The monoisotopic (exact) mass is 276 g/mol. The number of nitrogens with zero attached hydrogens (tertiary/aromatic N) is 1. The molecule has 0 radical (unpaired) electrons. The summed E-state index contributed by atoms with van der Waals surface area (Å²) in [7, 11) is 0. The minimum Gasteiger partial charge on any atom is -0.366 e. The Labute approximate surface area is 121 Å². The van der Waals surface area contributed by atoms with Gasteiger partial charge in [0.1, 0.15) is 5.82 Å². The summed E-state index contributed by atoms with van der Waals surface area (Å²) in [6.07, 6.45) is 5.07. The van der Waals surface area contributed by atoms with E-state index in [0.717, 1.165) is 30.3 Å². The minimum absolute atomic E-state index is 0.0557. The lowest BCUT2D eigenvalue weighted by atomic mass is 10.0. The van der Waals surface area contributed by atoms with Gasteiger partial charge in [-0.25, -0.2) is 4.39 Å². The highest BCUT2D eigenvalue weighted by Crippen LogP contribution is 2.41. The van der Waals surface area contributed by atoms with Crippen molar-refractivity contribution < 1.29 is 4.39 Å². The Kier molecular flexibility index (Phi) is 3.97. The van der Waals surface area contributed by atoms with Crippen molar-refractivity contribution in [2.45, 2.75) is 51.6 Å². The number of benzene rings is 1. The fourth-order valence-corrected chi connectivity index (χ4v) is 2.99. The van der Waals surface area contributed by atoms with Crippen LogP contribution in [0.2, 0.25) is 0 Å². The van der Waals surface area contributed by atoms with Crippen molar-refractivity contribution in [3.63, 3.8) is 0 Å². The molecule has 2 aliphatic rings. The molecule has 110 valence electrons.